The van der Waals surface area contributed by atoms with Crippen molar-refractivity contribution in [1.29, 1.82) is 0 Å². The van der Waals surface area contributed by atoms with Gasteiger partial charge in [-0.2, -0.15) is 0 Å². The van der Waals surface area contributed by atoms with Crippen LogP contribution in [0, 0.1) is 10.8 Å². The van der Waals surface area contributed by atoms with E-state index in [-0.39, 0.29) is 18.1 Å². The van der Waals surface area contributed by atoms with Gasteiger partial charge in [0.05, 0.1) is 19.3 Å². The number of benzene rings is 3. The third-order valence-electron chi connectivity index (χ3n) is 6.81. The van der Waals surface area contributed by atoms with Crippen LogP contribution in [-0.2, 0) is 15.1 Å². The van der Waals surface area contributed by atoms with Crippen LogP contribution in [0.3, 0.4) is 0 Å². The van der Waals surface area contributed by atoms with Crippen molar-refractivity contribution in [3.8, 4) is 0 Å². The number of hydrogen-bond acceptors (Lipinski definition) is 3. The first kappa shape index (κ1) is 27.1. The largest absolute Gasteiger partial charge is 0.396 e. The van der Waals surface area contributed by atoms with Gasteiger partial charge in [0, 0.05) is 17.4 Å². The van der Waals surface area contributed by atoms with Gasteiger partial charge in [0.25, 0.3) is 0 Å². The van der Waals surface area contributed by atoms with E-state index in [1.54, 1.807) is 0 Å². The summed E-state index contributed by atoms with van der Waals surface area (Å²) in [6.45, 7) is 11.9. The van der Waals surface area contributed by atoms with Crippen LogP contribution in [0.1, 0.15) is 64.2 Å². The highest BCUT2D eigenvalue weighted by Crippen LogP contribution is 2.44. The second-order valence-electron chi connectivity index (χ2n) is 10.8. The second kappa shape index (κ2) is 12.0. The van der Waals surface area contributed by atoms with Gasteiger partial charge < -0.3 is 14.6 Å². The summed E-state index contributed by atoms with van der Waals surface area (Å²) in [6, 6.07) is 31.3. The molecular weight excluding hydrogens is 432 g/mol. The molecular formula is C32H42O3. The Balaban J connectivity index is 2.08. The fourth-order valence-corrected chi connectivity index (χ4v) is 5.08. The van der Waals surface area contributed by atoms with Crippen LogP contribution >= 0.6 is 0 Å². The van der Waals surface area contributed by atoms with Crippen molar-refractivity contribution in [1.82, 2.24) is 0 Å². The standard InChI is InChI=1S/C32H42O3/c1-6-7-23-34-29(30(2,3)24-33)31(4,5)25-35-32(26-17-11-8-12-18-26,27-19-13-9-14-20-27)28-21-15-10-16-22-28/h8-22,29,33H,6-7,23-25H2,1-5H3. The molecule has 188 valence electrons. The number of aliphatic hydroxyl groups is 1. The first-order chi connectivity index (χ1) is 16.8. The van der Waals surface area contributed by atoms with Gasteiger partial charge in [-0.15, -0.1) is 0 Å². The van der Waals surface area contributed by atoms with E-state index in [4.69, 9.17) is 9.47 Å². The molecule has 0 aliphatic heterocycles. The predicted octanol–water partition coefficient (Wildman–Crippen LogP) is 7.23. The maximum atomic E-state index is 10.2. The Bertz CT molecular complexity index is 900. The van der Waals surface area contributed by atoms with Crippen molar-refractivity contribution in [2.45, 2.75) is 59.2 Å². The Kier molecular flexibility index (Phi) is 9.29. The summed E-state index contributed by atoms with van der Waals surface area (Å²) in [5.74, 6) is 0. The highest BCUT2D eigenvalue weighted by molar-refractivity contribution is 5.47. The number of rotatable bonds is 13. The zero-order valence-corrected chi connectivity index (χ0v) is 22.0. The molecule has 1 N–H and O–H groups in total. The molecule has 0 spiro atoms. The minimum absolute atomic E-state index is 0.0500. The summed E-state index contributed by atoms with van der Waals surface area (Å²) in [5.41, 5.74) is 1.70. The van der Waals surface area contributed by atoms with Crippen molar-refractivity contribution < 1.29 is 14.6 Å². The zero-order chi connectivity index (χ0) is 25.4. The van der Waals surface area contributed by atoms with Gasteiger partial charge in [-0.05, 0) is 23.1 Å². The fourth-order valence-electron chi connectivity index (χ4n) is 5.08. The van der Waals surface area contributed by atoms with E-state index in [2.05, 4.69) is 107 Å². The molecule has 35 heavy (non-hydrogen) atoms. The zero-order valence-electron chi connectivity index (χ0n) is 22.0. The molecule has 0 heterocycles. The fraction of sp³-hybridized carbons (Fsp3) is 0.438. The SMILES string of the molecule is CCCCOC(C(C)(C)CO)C(C)(C)COC(c1ccccc1)(c1ccccc1)c1ccccc1. The average molecular weight is 475 g/mol. The summed E-state index contributed by atoms with van der Waals surface area (Å²) in [5, 5.41) is 10.2. The minimum atomic E-state index is -0.779. The normalized spacial score (nSPS) is 13.5. The van der Waals surface area contributed by atoms with E-state index >= 15 is 0 Å². The smallest absolute Gasteiger partial charge is 0.143 e. The molecule has 0 saturated heterocycles. The van der Waals surface area contributed by atoms with Gasteiger partial charge in [0.15, 0.2) is 0 Å². The molecule has 3 heteroatoms. The molecule has 3 nitrogen and oxygen atoms in total. The lowest BCUT2D eigenvalue weighted by atomic mass is 9.72. The number of unbranched alkanes of at least 4 members (excludes halogenated alkanes) is 1. The van der Waals surface area contributed by atoms with Gasteiger partial charge in [0.2, 0.25) is 0 Å². The van der Waals surface area contributed by atoms with Crippen LogP contribution in [0.4, 0.5) is 0 Å². The van der Waals surface area contributed by atoms with Crippen molar-refractivity contribution >= 4 is 0 Å². The van der Waals surface area contributed by atoms with E-state index in [1.165, 1.54) is 0 Å². The van der Waals surface area contributed by atoms with Gasteiger partial charge in [0.1, 0.15) is 5.60 Å². The molecule has 1 unspecified atom stereocenters. The van der Waals surface area contributed by atoms with Gasteiger partial charge >= 0.3 is 0 Å². The summed E-state index contributed by atoms with van der Waals surface area (Å²) in [6.07, 6.45) is 1.89. The maximum absolute atomic E-state index is 10.2. The average Bonchev–Trinajstić information content (AvgIpc) is 2.88. The molecule has 3 rings (SSSR count). The number of hydrogen-bond donors (Lipinski definition) is 1. The van der Waals surface area contributed by atoms with Crippen molar-refractivity contribution in [2.24, 2.45) is 10.8 Å². The lowest BCUT2D eigenvalue weighted by Crippen LogP contribution is -2.49. The van der Waals surface area contributed by atoms with Crippen molar-refractivity contribution in [3.05, 3.63) is 108 Å². The Morgan fingerprint density at radius 2 is 1.11 bits per heavy atom. The second-order valence-corrected chi connectivity index (χ2v) is 10.8. The van der Waals surface area contributed by atoms with E-state index in [0.29, 0.717) is 13.2 Å². The van der Waals surface area contributed by atoms with Crippen LogP contribution in [0.5, 0.6) is 0 Å². The Hall–Kier alpha value is -2.46. The third-order valence-corrected chi connectivity index (χ3v) is 6.81. The van der Waals surface area contributed by atoms with Gasteiger partial charge in [-0.1, -0.05) is 132 Å². The molecule has 1 atom stereocenters. The van der Waals surface area contributed by atoms with Crippen LogP contribution in [0.25, 0.3) is 0 Å². The first-order valence-electron chi connectivity index (χ1n) is 12.8. The van der Waals surface area contributed by atoms with Crippen LogP contribution in [0.15, 0.2) is 91.0 Å². The maximum Gasteiger partial charge on any atom is 0.143 e. The molecule has 0 saturated carbocycles. The van der Waals surface area contributed by atoms with E-state index in [9.17, 15) is 5.11 Å². The molecule has 0 amide bonds. The molecule has 0 radical (unpaired) electrons. The first-order valence-corrected chi connectivity index (χ1v) is 12.8. The molecule has 3 aromatic carbocycles. The summed E-state index contributed by atoms with van der Waals surface area (Å²) >= 11 is 0. The summed E-state index contributed by atoms with van der Waals surface area (Å²) in [4.78, 5) is 0. The van der Waals surface area contributed by atoms with E-state index in [0.717, 1.165) is 29.5 Å². The molecule has 0 fully saturated rings. The molecule has 0 aliphatic rings. The van der Waals surface area contributed by atoms with Crippen molar-refractivity contribution in [2.75, 3.05) is 19.8 Å². The number of ether oxygens (including phenoxy) is 2. The Morgan fingerprint density at radius 1 is 0.686 bits per heavy atom. The van der Waals surface area contributed by atoms with E-state index in [1.807, 2.05) is 18.2 Å². The lowest BCUT2D eigenvalue weighted by Gasteiger charge is -2.45. The monoisotopic (exact) mass is 474 g/mol. The summed E-state index contributed by atoms with van der Waals surface area (Å²) in [7, 11) is 0. The Morgan fingerprint density at radius 3 is 1.49 bits per heavy atom. The molecule has 3 aromatic rings. The molecule has 0 aliphatic carbocycles. The van der Waals surface area contributed by atoms with E-state index < -0.39 is 11.0 Å². The van der Waals surface area contributed by atoms with Crippen LogP contribution < -0.4 is 0 Å². The highest BCUT2D eigenvalue weighted by Gasteiger charge is 2.45. The minimum Gasteiger partial charge on any atom is -0.396 e. The van der Waals surface area contributed by atoms with Crippen LogP contribution in [-0.4, -0.2) is 31.0 Å². The molecule has 0 aromatic heterocycles. The lowest BCUT2D eigenvalue weighted by molar-refractivity contribution is -0.146. The van der Waals surface area contributed by atoms with Gasteiger partial charge in [-0.25, -0.2) is 0 Å². The van der Waals surface area contributed by atoms with Crippen LogP contribution in [0.2, 0.25) is 0 Å². The quantitative estimate of drug-likeness (QED) is 0.210. The summed E-state index contributed by atoms with van der Waals surface area (Å²) < 4.78 is 13.6. The topological polar surface area (TPSA) is 38.7 Å². The van der Waals surface area contributed by atoms with Crippen molar-refractivity contribution in [3.63, 3.8) is 0 Å². The highest BCUT2D eigenvalue weighted by atomic mass is 16.5. The third kappa shape index (κ3) is 6.22. The van der Waals surface area contributed by atoms with Gasteiger partial charge in [-0.3, -0.25) is 0 Å². The molecule has 0 bridgehead atoms. The Labute approximate surface area is 212 Å². The number of aliphatic hydroxyl groups excluding tert-OH is 1. The predicted molar refractivity (Wildman–Crippen MR) is 144 cm³/mol.